The smallest absolute Gasteiger partial charge is 0.0618 e. The van der Waals surface area contributed by atoms with E-state index in [1.807, 2.05) is 0 Å². The van der Waals surface area contributed by atoms with Gasteiger partial charge >= 0.3 is 0 Å². The van der Waals surface area contributed by atoms with Crippen LogP contribution >= 0.6 is 0 Å². The molecule has 0 bridgehead atoms. The molecule has 1 saturated heterocycles. The van der Waals surface area contributed by atoms with Crippen LogP contribution in [-0.4, -0.2) is 35.1 Å². The van der Waals surface area contributed by atoms with Crippen molar-refractivity contribution in [3.8, 4) is 0 Å². The van der Waals surface area contributed by atoms with Gasteiger partial charge in [-0.2, -0.15) is 0 Å². The Morgan fingerprint density at radius 3 is 2.53 bits per heavy atom. The van der Waals surface area contributed by atoms with Gasteiger partial charge in [-0.1, -0.05) is 27.7 Å². The minimum atomic E-state index is -0.0425. The Balaban J connectivity index is 1.32. The van der Waals surface area contributed by atoms with E-state index < -0.39 is 0 Å². The minimum Gasteiger partial charge on any atom is -0.396 e. The molecule has 5 aliphatic rings. The molecule has 4 saturated carbocycles. The Bertz CT molecular complexity index is 636. The average Bonchev–Trinajstić information content (AvgIpc) is 3.20. The summed E-state index contributed by atoms with van der Waals surface area (Å²) in [6.45, 7) is 10.2. The standard InChI is InChI=1S/C27H46O3/c1-16(15-28)5-8-23-17(2)25-24(30-23)14-22-20-7-6-18-13-19(29)9-11-26(18,3)21(20)10-12-27(22,25)4/h16-25,28-29H,5-15H2,1-4H3/t16?,17-,18?,19?,20-,21+,22+,23?,24+,25+,26+,27+/m1/s1. The second-order valence-corrected chi connectivity index (χ2v) is 12.8. The summed E-state index contributed by atoms with van der Waals surface area (Å²) >= 11 is 0. The lowest BCUT2D eigenvalue weighted by atomic mass is 9.44. The molecule has 3 nitrogen and oxygen atoms in total. The van der Waals surface area contributed by atoms with E-state index in [9.17, 15) is 10.2 Å². The molecule has 172 valence electrons. The first-order chi connectivity index (χ1) is 14.3. The highest BCUT2D eigenvalue weighted by atomic mass is 16.5. The lowest BCUT2D eigenvalue weighted by Gasteiger charge is -2.61. The predicted molar refractivity (Wildman–Crippen MR) is 120 cm³/mol. The third kappa shape index (κ3) is 3.16. The molecule has 12 atom stereocenters. The summed E-state index contributed by atoms with van der Waals surface area (Å²) in [6.07, 6.45) is 13.2. The van der Waals surface area contributed by atoms with Crippen molar-refractivity contribution < 1.29 is 14.9 Å². The number of hydrogen-bond donors (Lipinski definition) is 2. The molecule has 0 spiro atoms. The van der Waals surface area contributed by atoms with Crippen LogP contribution in [-0.2, 0) is 4.74 Å². The van der Waals surface area contributed by atoms with Crippen LogP contribution in [0.15, 0.2) is 0 Å². The van der Waals surface area contributed by atoms with E-state index in [0.29, 0.717) is 41.5 Å². The van der Waals surface area contributed by atoms with Crippen molar-refractivity contribution in [3.63, 3.8) is 0 Å². The third-order valence-corrected chi connectivity index (χ3v) is 11.5. The summed E-state index contributed by atoms with van der Waals surface area (Å²) in [5.74, 6) is 5.13. The van der Waals surface area contributed by atoms with E-state index in [4.69, 9.17) is 4.74 Å². The highest BCUT2D eigenvalue weighted by molar-refractivity contribution is 5.14. The third-order valence-electron chi connectivity index (χ3n) is 11.5. The number of hydrogen-bond acceptors (Lipinski definition) is 3. The zero-order valence-electron chi connectivity index (χ0n) is 19.9. The molecule has 0 radical (unpaired) electrons. The fourth-order valence-electron chi connectivity index (χ4n) is 9.79. The summed E-state index contributed by atoms with van der Waals surface area (Å²) < 4.78 is 6.76. The van der Waals surface area contributed by atoms with Gasteiger partial charge in [0.1, 0.15) is 0 Å². The fraction of sp³-hybridized carbons (Fsp3) is 1.00. The summed E-state index contributed by atoms with van der Waals surface area (Å²) in [5.41, 5.74) is 0.927. The number of rotatable bonds is 4. The lowest BCUT2D eigenvalue weighted by molar-refractivity contribution is -0.130. The van der Waals surface area contributed by atoms with Crippen molar-refractivity contribution in [1.82, 2.24) is 0 Å². The molecule has 0 aromatic rings. The molecule has 1 aliphatic heterocycles. The molecule has 1 heterocycles. The maximum atomic E-state index is 10.3. The number of aliphatic hydroxyl groups is 2. The van der Waals surface area contributed by atoms with Crippen LogP contribution in [0, 0.1) is 52.3 Å². The quantitative estimate of drug-likeness (QED) is 0.640. The van der Waals surface area contributed by atoms with Gasteiger partial charge in [-0.15, -0.1) is 0 Å². The Morgan fingerprint density at radius 2 is 1.77 bits per heavy atom. The van der Waals surface area contributed by atoms with E-state index in [2.05, 4.69) is 27.7 Å². The first-order valence-corrected chi connectivity index (χ1v) is 13.2. The molecule has 4 aliphatic carbocycles. The first-order valence-electron chi connectivity index (χ1n) is 13.2. The van der Waals surface area contributed by atoms with E-state index in [1.54, 1.807) is 0 Å². The van der Waals surface area contributed by atoms with Crippen LogP contribution in [0.2, 0.25) is 0 Å². The maximum Gasteiger partial charge on any atom is 0.0618 e. The van der Waals surface area contributed by atoms with Crippen molar-refractivity contribution in [2.45, 2.75) is 110 Å². The van der Waals surface area contributed by atoms with Crippen LogP contribution in [0.3, 0.4) is 0 Å². The predicted octanol–water partition coefficient (Wildman–Crippen LogP) is 5.43. The number of aliphatic hydroxyl groups excluding tert-OH is 2. The summed E-state index contributed by atoms with van der Waals surface area (Å²) in [7, 11) is 0. The van der Waals surface area contributed by atoms with Crippen molar-refractivity contribution >= 4 is 0 Å². The molecule has 0 aromatic carbocycles. The van der Waals surface area contributed by atoms with Crippen molar-refractivity contribution in [1.29, 1.82) is 0 Å². The second-order valence-electron chi connectivity index (χ2n) is 12.8. The van der Waals surface area contributed by atoms with Crippen molar-refractivity contribution in [3.05, 3.63) is 0 Å². The largest absolute Gasteiger partial charge is 0.396 e. The number of fused-ring (bicyclic) bond motifs is 7. The van der Waals surface area contributed by atoms with Gasteiger partial charge in [0.25, 0.3) is 0 Å². The SMILES string of the molecule is CC(CO)CCC1O[C@H]2C[C@H]3[C@@H]4CCC5CC(O)CC[C@]5(C)[C@H]4CC[C@]3(C)[C@H]2[C@@H]1C. The van der Waals surface area contributed by atoms with Crippen LogP contribution in [0.25, 0.3) is 0 Å². The minimum absolute atomic E-state index is 0.0425. The molecule has 5 rings (SSSR count). The topological polar surface area (TPSA) is 49.7 Å². The van der Waals surface area contributed by atoms with Gasteiger partial charge < -0.3 is 14.9 Å². The van der Waals surface area contributed by atoms with Crippen LogP contribution < -0.4 is 0 Å². The van der Waals surface area contributed by atoms with Gasteiger partial charge in [-0.3, -0.25) is 0 Å². The van der Waals surface area contributed by atoms with Gasteiger partial charge in [-0.25, -0.2) is 0 Å². The van der Waals surface area contributed by atoms with Gasteiger partial charge in [0.15, 0.2) is 0 Å². The molecular weight excluding hydrogens is 372 g/mol. The highest BCUT2D eigenvalue weighted by Crippen LogP contribution is 2.70. The Kier molecular flexibility index (Phi) is 5.60. The molecule has 4 unspecified atom stereocenters. The monoisotopic (exact) mass is 418 g/mol. The highest BCUT2D eigenvalue weighted by Gasteiger charge is 2.65. The van der Waals surface area contributed by atoms with Crippen LogP contribution in [0.4, 0.5) is 0 Å². The van der Waals surface area contributed by atoms with Crippen molar-refractivity contribution in [2.24, 2.45) is 52.3 Å². The Labute approximate surface area is 184 Å². The van der Waals surface area contributed by atoms with Crippen LogP contribution in [0.5, 0.6) is 0 Å². The molecule has 30 heavy (non-hydrogen) atoms. The normalized spacial score (nSPS) is 56.0. The zero-order valence-corrected chi connectivity index (χ0v) is 19.9. The van der Waals surface area contributed by atoms with E-state index >= 15 is 0 Å². The lowest BCUT2D eigenvalue weighted by Crippen LogP contribution is -2.54. The summed E-state index contributed by atoms with van der Waals surface area (Å²) in [5, 5.41) is 19.7. The molecule has 0 aromatic heterocycles. The molecule has 5 fully saturated rings. The van der Waals surface area contributed by atoms with E-state index in [1.165, 1.54) is 38.5 Å². The van der Waals surface area contributed by atoms with Gasteiger partial charge in [0.2, 0.25) is 0 Å². The Morgan fingerprint density at radius 1 is 1.00 bits per heavy atom. The summed E-state index contributed by atoms with van der Waals surface area (Å²) in [6, 6.07) is 0. The number of ether oxygens (including phenoxy) is 1. The van der Waals surface area contributed by atoms with Gasteiger partial charge in [0.05, 0.1) is 18.3 Å². The average molecular weight is 419 g/mol. The zero-order chi connectivity index (χ0) is 21.3. The van der Waals surface area contributed by atoms with Gasteiger partial charge in [-0.05, 0) is 116 Å². The second kappa shape index (κ2) is 7.73. The van der Waals surface area contributed by atoms with E-state index in [-0.39, 0.29) is 6.10 Å². The maximum absolute atomic E-state index is 10.3. The first kappa shape index (κ1) is 21.7. The van der Waals surface area contributed by atoms with Crippen LogP contribution in [0.1, 0.15) is 91.9 Å². The van der Waals surface area contributed by atoms with E-state index in [0.717, 1.165) is 55.3 Å². The fourth-order valence-corrected chi connectivity index (χ4v) is 9.79. The Hall–Kier alpha value is -0.120. The molecular formula is C27H46O3. The molecule has 0 amide bonds. The van der Waals surface area contributed by atoms with Gasteiger partial charge in [0, 0.05) is 6.61 Å². The molecule has 3 heteroatoms. The summed E-state index contributed by atoms with van der Waals surface area (Å²) in [4.78, 5) is 0. The van der Waals surface area contributed by atoms with Crippen molar-refractivity contribution in [2.75, 3.05) is 6.61 Å². The molecule has 2 N–H and O–H groups in total.